The van der Waals surface area contributed by atoms with Gasteiger partial charge < -0.3 is 20.2 Å². The molecule has 1 aromatic rings. The first-order valence-corrected chi connectivity index (χ1v) is 7.66. The van der Waals surface area contributed by atoms with Crippen LogP contribution in [0.4, 0.5) is 0 Å². The predicted molar refractivity (Wildman–Crippen MR) is 81.2 cm³/mol. The Kier molecular flexibility index (Phi) is 4.23. The molecule has 1 aliphatic carbocycles. The van der Waals surface area contributed by atoms with Gasteiger partial charge in [-0.05, 0) is 30.2 Å². The lowest BCUT2D eigenvalue weighted by Gasteiger charge is -2.42. The summed E-state index contributed by atoms with van der Waals surface area (Å²) in [6.45, 7) is 0.637. The third-order valence-corrected chi connectivity index (χ3v) is 4.61. The molecule has 5 nitrogen and oxygen atoms in total. The lowest BCUT2D eigenvalue weighted by atomic mass is 9.88. The van der Waals surface area contributed by atoms with Gasteiger partial charge in [-0.1, -0.05) is 23.7 Å². The maximum absolute atomic E-state index is 12.6. The molecule has 1 fully saturated rings. The molecule has 1 heterocycles. The molecule has 118 valence electrons. The van der Waals surface area contributed by atoms with E-state index in [0.717, 1.165) is 12.0 Å². The fourth-order valence-corrected chi connectivity index (χ4v) is 3.08. The van der Waals surface area contributed by atoms with Crippen LogP contribution >= 0.6 is 11.6 Å². The van der Waals surface area contributed by atoms with E-state index in [1.807, 2.05) is 12.1 Å². The number of hydrogen-bond donors (Lipinski definition) is 3. The van der Waals surface area contributed by atoms with Crippen LogP contribution in [0, 0.1) is 0 Å². The molecule has 4 atom stereocenters. The lowest BCUT2D eigenvalue weighted by molar-refractivity contribution is -0.136. The van der Waals surface area contributed by atoms with Crippen LogP contribution in [-0.2, 0) is 4.79 Å². The van der Waals surface area contributed by atoms with Crippen LogP contribution in [0.25, 0.3) is 0 Å². The van der Waals surface area contributed by atoms with Crippen molar-refractivity contribution in [3.63, 3.8) is 0 Å². The minimum Gasteiger partial charge on any atom is -0.390 e. The number of benzene rings is 1. The Morgan fingerprint density at radius 1 is 1.18 bits per heavy atom. The topological polar surface area (TPSA) is 81.0 Å². The Balaban J connectivity index is 1.75. The maximum atomic E-state index is 12.6. The van der Waals surface area contributed by atoms with Crippen molar-refractivity contribution in [3.8, 4) is 0 Å². The number of hydrogen-bond acceptors (Lipinski definition) is 4. The summed E-state index contributed by atoms with van der Waals surface area (Å²) in [6, 6.07) is 7.37. The molecule has 0 bridgehead atoms. The van der Waals surface area contributed by atoms with Crippen LogP contribution < -0.4 is 0 Å². The first-order chi connectivity index (χ1) is 10.5. The smallest absolute Gasteiger partial charge is 0.250 e. The summed E-state index contributed by atoms with van der Waals surface area (Å²) >= 11 is 5.88. The fourth-order valence-electron chi connectivity index (χ4n) is 2.95. The molecule has 1 amide bonds. The van der Waals surface area contributed by atoms with E-state index in [1.165, 1.54) is 6.08 Å². The van der Waals surface area contributed by atoms with E-state index >= 15 is 0 Å². The highest BCUT2D eigenvalue weighted by Gasteiger charge is 2.38. The van der Waals surface area contributed by atoms with Gasteiger partial charge in [0.1, 0.15) is 12.2 Å². The molecule has 0 saturated carbocycles. The van der Waals surface area contributed by atoms with Crippen LogP contribution in [0.5, 0.6) is 0 Å². The highest BCUT2D eigenvalue weighted by molar-refractivity contribution is 6.30. The Labute approximate surface area is 133 Å². The molecule has 2 aliphatic rings. The largest absolute Gasteiger partial charge is 0.390 e. The van der Waals surface area contributed by atoms with Gasteiger partial charge in [-0.25, -0.2) is 0 Å². The van der Waals surface area contributed by atoms with Gasteiger partial charge in [-0.2, -0.15) is 0 Å². The molecular weight excluding hydrogens is 306 g/mol. The molecule has 0 radical (unpaired) electrons. The molecule has 22 heavy (non-hydrogen) atoms. The number of nitrogens with zero attached hydrogens (tertiary/aromatic N) is 1. The number of likely N-dealkylation sites (tertiary alicyclic amines) is 1. The molecule has 3 N–H and O–H groups in total. The Bertz CT molecular complexity index is 601. The summed E-state index contributed by atoms with van der Waals surface area (Å²) in [6.07, 6.45) is -1.29. The van der Waals surface area contributed by atoms with Gasteiger partial charge in [-0.3, -0.25) is 4.79 Å². The fraction of sp³-hybridized carbons (Fsp3) is 0.438. The van der Waals surface area contributed by atoms with Crippen molar-refractivity contribution >= 4 is 17.5 Å². The Hall–Kier alpha value is -1.40. The van der Waals surface area contributed by atoms with Crippen molar-refractivity contribution in [2.24, 2.45) is 0 Å². The van der Waals surface area contributed by atoms with Gasteiger partial charge in [0.25, 0.3) is 0 Å². The summed E-state index contributed by atoms with van der Waals surface area (Å²) in [5, 5.41) is 29.6. The second-order valence-electron chi connectivity index (χ2n) is 5.80. The first-order valence-electron chi connectivity index (χ1n) is 7.28. The third kappa shape index (κ3) is 2.77. The van der Waals surface area contributed by atoms with E-state index in [9.17, 15) is 20.1 Å². The second kappa shape index (κ2) is 6.01. The van der Waals surface area contributed by atoms with Crippen LogP contribution in [-0.4, -0.2) is 51.0 Å². The van der Waals surface area contributed by atoms with Gasteiger partial charge in [0, 0.05) is 23.6 Å². The average Bonchev–Trinajstić information content (AvgIpc) is 2.45. The molecule has 1 saturated heterocycles. The van der Waals surface area contributed by atoms with Crippen molar-refractivity contribution in [2.45, 2.75) is 37.2 Å². The maximum Gasteiger partial charge on any atom is 0.250 e. The minimum absolute atomic E-state index is 0.00759. The third-order valence-electron chi connectivity index (χ3n) is 4.36. The van der Waals surface area contributed by atoms with Crippen molar-refractivity contribution < 1.29 is 20.1 Å². The summed E-state index contributed by atoms with van der Waals surface area (Å²) in [5.41, 5.74) is 1.37. The van der Waals surface area contributed by atoms with Crippen molar-refractivity contribution in [1.82, 2.24) is 4.90 Å². The minimum atomic E-state index is -1.24. The van der Waals surface area contributed by atoms with Gasteiger partial charge in [0.15, 0.2) is 0 Å². The van der Waals surface area contributed by atoms with E-state index in [-0.39, 0.29) is 18.4 Å². The lowest BCUT2D eigenvalue weighted by Crippen LogP contribution is -2.48. The van der Waals surface area contributed by atoms with Gasteiger partial charge >= 0.3 is 0 Å². The molecule has 1 aliphatic heterocycles. The molecule has 6 heteroatoms. The van der Waals surface area contributed by atoms with E-state index in [1.54, 1.807) is 17.0 Å². The summed E-state index contributed by atoms with van der Waals surface area (Å²) in [7, 11) is 0. The zero-order chi connectivity index (χ0) is 15.9. The quantitative estimate of drug-likeness (QED) is 0.759. The van der Waals surface area contributed by atoms with Gasteiger partial charge in [-0.15, -0.1) is 0 Å². The van der Waals surface area contributed by atoms with Crippen LogP contribution in [0.1, 0.15) is 24.4 Å². The number of aliphatic hydroxyl groups is 3. The van der Waals surface area contributed by atoms with Crippen LogP contribution in [0.15, 0.2) is 35.9 Å². The average molecular weight is 324 g/mol. The molecular formula is C16H18ClNO4. The number of halogens is 1. The Morgan fingerprint density at radius 2 is 1.86 bits per heavy atom. The van der Waals surface area contributed by atoms with Gasteiger partial charge in [0.05, 0.1) is 12.1 Å². The monoisotopic (exact) mass is 323 g/mol. The van der Waals surface area contributed by atoms with E-state index < -0.39 is 18.3 Å². The van der Waals surface area contributed by atoms with Crippen LogP contribution in [0.3, 0.4) is 0 Å². The highest BCUT2D eigenvalue weighted by atomic mass is 35.5. The second-order valence-corrected chi connectivity index (χ2v) is 6.24. The zero-order valence-electron chi connectivity index (χ0n) is 11.9. The normalized spacial score (nSPS) is 31.5. The Morgan fingerprint density at radius 3 is 2.41 bits per heavy atom. The molecule has 0 spiro atoms. The summed E-state index contributed by atoms with van der Waals surface area (Å²) in [4.78, 5) is 14.3. The zero-order valence-corrected chi connectivity index (χ0v) is 12.6. The molecule has 3 rings (SSSR count). The highest BCUT2D eigenvalue weighted by Crippen LogP contribution is 2.36. The number of amides is 1. The molecule has 0 aromatic heterocycles. The molecule has 1 aromatic carbocycles. The summed E-state index contributed by atoms with van der Waals surface area (Å²) < 4.78 is 0. The standard InChI is InChI=1S/C16H18ClNO4/c17-11-3-1-9(2-4-11)12-5-6-18(12)16(22)10-7-13(19)15(21)14(20)8-10/h1-4,7,12-15,19-21H,5-6,8H2/t12?,13-,14-,15-/m1/s1. The first kappa shape index (κ1) is 15.5. The number of carbonyl (C=O) groups is 1. The summed E-state index contributed by atoms with van der Waals surface area (Å²) in [5.74, 6) is -0.198. The van der Waals surface area contributed by atoms with E-state index in [2.05, 4.69) is 0 Å². The number of carbonyl (C=O) groups excluding carboxylic acids is 1. The van der Waals surface area contributed by atoms with Crippen molar-refractivity contribution in [1.29, 1.82) is 0 Å². The SMILES string of the molecule is O=C(C1=C[C@@H](O)[C@@H](O)[C@H](O)C1)N1CCC1c1ccc(Cl)cc1. The molecule has 1 unspecified atom stereocenters. The number of aliphatic hydroxyl groups excluding tert-OH is 3. The van der Waals surface area contributed by atoms with E-state index in [0.29, 0.717) is 17.1 Å². The number of rotatable bonds is 2. The van der Waals surface area contributed by atoms with Crippen LogP contribution in [0.2, 0.25) is 5.02 Å². The predicted octanol–water partition coefficient (Wildman–Crippen LogP) is 1.03. The van der Waals surface area contributed by atoms with E-state index in [4.69, 9.17) is 11.6 Å². The van der Waals surface area contributed by atoms with Crippen molar-refractivity contribution in [3.05, 3.63) is 46.5 Å². The van der Waals surface area contributed by atoms with Gasteiger partial charge in [0.2, 0.25) is 5.91 Å². The van der Waals surface area contributed by atoms with Crippen molar-refractivity contribution in [2.75, 3.05) is 6.54 Å².